The topological polar surface area (TPSA) is 0 Å². The van der Waals surface area contributed by atoms with Gasteiger partial charge in [-0.05, 0) is 65.0 Å². The molecule has 0 amide bonds. The maximum atomic E-state index is 3.51. The fourth-order valence-electron chi connectivity index (χ4n) is 3.71. The lowest BCUT2D eigenvalue weighted by molar-refractivity contribution is 1.39. The predicted molar refractivity (Wildman–Crippen MR) is 120 cm³/mol. The molecule has 0 saturated carbocycles. The smallest absolute Gasteiger partial charge is 0.0175 e. The average molecular weight is 413 g/mol. The minimum Gasteiger partial charge on any atom is -0.0679 e. The van der Waals surface area contributed by atoms with Gasteiger partial charge in [-0.25, -0.2) is 0 Å². The first-order valence-electron chi connectivity index (χ1n) is 9.16. The number of rotatable bonds is 3. The number of fused-ring (bicyclic) bond motifs is 1. The lowest BCUT2D eigenvalue weighted by atomic mass is 9.96. The van der Waals surface area contributed by atoms with E-state index in [1.54, 1.807) is 0 Å². The molecule has 0 nitrogen and oxygen atoms in total. The molecule has 1 heteroatoms. The summed E-state index contributed by atoms with van der Waals surface area (Å²) in [5, 5.41) is 0. The first kappa shape index (κ1) is 17.8. The van der Waals surface area contributed by atoms with Crippen molar-refractivity contribution in [1.29, 1.82) is 0 Å². The van der Waals surface area contributed by atoms with Crippen LogP contribution in [0.2, 0.25) is 0 Å². The Balaban J connectivity index is 1.93. The van der Waals surface area contributed by atoms with Crippen molar-refractivity contribution < 1.29 is 0 Å². The highest BCUT2D eigenvalue weighted by molar-refractivity contribution is 9.10. The van der Waals surface area contributed by atoms with Crippen molar-refractivity contribution in [2.24, 2.45) is 0 Å². The first-order valence-corrected chi connectivity index (χ1v) is 9.95. The molecule has 0 saturated heterocycles. The predicted octanol–water partition coefficient (Wildman–Crippen LogP) is 7.77. The number of hydrogen-bond donors (Lipinski definition) is 0. The van der Waals surface area contributed by atoms with E-state index >= 15 is 0 Å². The second kappa shape index (κ2) is 7.54. The molecule has 1 aliphatic rings. The van der Waals surface area contributed by atoms with Crippen molar-refractivity contribution in [2.45, 2.75) is 13.8 Å². The van der Waals surface area contributed by atoms with Gasteiger partial charge in [-0.1, -0.05) is 100 Å². The molecule has 3 aromatic carbocycles. The summed E-state index contributed by atoms with van der Waals surface area (Å²) in [5.74, 6) is 0. The summed E-state index contributed by atoms with van der Waals surface area (Å²) in [6, 6.07) is 27.9. The Morgan fingerprint density at radius 1 is 0.704 bits per heavy atom. The molecule has 0 bridgehead atoms. The molecule has 0 N–H and O–H groups in total. The summed E-state index contributed by atoms with van der Waals surface area (Å²) in [5.41, 5.74) is 10.4. The summed E-state index contributed by atoms with van der Waals surface area (Å²) >= 11 is 3.51. The van der Waals surface area contributed by atoms with Crippen LogP contribution in [0.15, 0.2) is 101 Å². The van der Waals surface area contributed by atoms with Crippen LogP contribution in [0.5, 0.6) is 0 Å². The number of hydrogen-bond acceptors (Lipinski definition) is 0. The van der Waals surface area contributed by atoms with Crippen LogP contribution in [0.3, 0.4) is 0 Å². The molecule has 0 radical (unpaired) electrons. The molecular weight excluding hydrogens is 392 g/mol. The van der Waals surface area contributed by atoms with Crippen LogP contribution in [-0.2, 0) is 0 Å². The maximum Gasteiger partial charge on any atom is 0.0175 e. The number of halogens is 1. The van der Waals surface area contributed by atoms with E-state index in [9.17, 15) is 0 Å². The van der Waals surface area contributed by atoms with E-state index in [0.717, 1.165) is 4.47 Å². The van der Waals surface area contributed by atoms with Gasteiger partial charge in [0.15, 0.2) is 0 Å². The molecular formula is C26H21Br. The zero-order valence-electron chi connectivity index (χ0n) is 15.5. The van der Waals surface area contributed by atoms with Gasteiger partial charge >= 0.3 is 0 Å². The molecule has 0 heterocycles. The minimum atomic E-state index is 1.10. The molecule has 27 heavy (non-hydrogen) atoms. The van der Waals surface area contributed by atoms with E-state index in [0.29, 0.717) is 0 Å². The van der Waals surface area contributed by atoms with Gasteiger partial charge < -0.3 is 0 Å². The Morgan fingerprint density at radius 3 is 2.00 bits per heavy atom. The lowest BCUT2D eigenvalue weighted by Crippen LogP contribution is -1.87. The molecule has 132 valence electrons. The van der Waals surface area contributed by atoms with Gasteiger partial charge in [0.25, 0.3) is 0 Å². The van der Waals surface area contributed by atoms with Crippen LogP contribution in [0.4, 0.5) is 0 Å². The van der Waals surface area contributed by atoms with Gasteiger partial charge in [-0.2, -0.15) is 0 Å². The summed E-state index contributed by atoms with van der Waals surface area (Å²) in [7, 11) is 0. The molecule has 0 fully saturated rings. The third-order valence-electron chi connectivity index (χ3n) is 4.88. The standard InChI is InChI=1S/C26H21Br/c1-18(2)25-22-10-6-7-11-23(22)26(20-8-4-3-5-9-20)24(25)17-14-19-12-15-21(27)16-13-19/h3-17H,1-2H3/b17-14+. The quantitative estimate of drug-likeness (QED) is 0.411. The van der Waals surface area contributed by atoms with Crippen molar-refractivity contribution in [3.05, 3.63) is 123 Å². The highest BCUT2D eigenvalue weighted by atomic mass is 79.9. The summed E-state index contributed by atoms with van der Waals surface area (Å²) in [6.07, 6.45) is 4.48. The van der Waals surface area contributed by atoms with Crippen LogP contribution < -0.4 is 0 Å². The molecule has 1 aliphatic carbocycles. The van der Waals surface area contributed by atoms with Crippen molar-refractivity contribution in [3.8, 4) is 0 Å². The third kappa shape index (κ3) is 3.48. The van der Waals surface area contributed by atoms with Gasteiger partial charge in [0.05, 0.1) is 0 Å². The lowest BCUT2D eigenvalue weighted by Gasteiger charge is -2.08. The van der Waals surface area contributed by atoms with E-state index in [4.69, 9.17) is 0 Å². The van der Waals surface area contributed by atoms with Crippen LogP contribution in [0.25, 0.3) is 17.2 Å². The second-order valence-electron chi connectivity index (χ2n) is 6.96. The molecule has 4 rings (SSSR count). The van der Waals surface area contributed by atoms with E-state index in [1.807, 2.05) is 0 Å². The number of benzene rings is 3. The monoisotopic (exact) mass is 412 g/mol. The normalized spacial score (nSPS) is 13.4. The highest BCUT2D eigenvalue weighted by Gasteiger charge is 2.26. The minimum absolute atomic E-state index is 1.10. The Kier molecular flexibility index (Phi) is 4.96. The summed E-state index contributed by atoms with van der Waals surface area (Å²) in [4.78, 5) is 0. The van der Waals surface area contributed by atoms with E-state index in [1.165, 1.54) is 44.5 Å². The van der Waals surface area contributed by atoms with Gasteiger partial charge in [0, 0.05) is 4.47 Å². The zero-order chi connectivity index (χ0) is 18.8. The number of allylic oxidation sites excluding steroid dienone is 4. The fraction of sp³-hybridized carbons (Fsp3) is 0.0769. The van der Waals surface area contributed by atoms with Crippen molar-refractivity contribution >= 4 is 33.2 Å². The molecule has 0 aromatic heterocycles. The summed E-state index contributed by atoms with van der Waals surface area (Å²) in [6.45, 7) is 4.40. The average Bonchev–Trinajstić information content (AvgIpc) is 3.02. The van der Waals surface area contributed by atoms with Crippen molar-refractivity contribution in [1.82, 2.24) is 0 Å². The van der Waals surface area contributed by atoms with Crippen LogP contribution in [-0.4, -0.2) is 0 Å². The molecule has 0 atom stereocenters. The molecule has 0 spiro atoms. The van der Waals surface area contributed by atoms with Crippen molar-refractivity contribution in [2.75, 3.05) is 0 Å². The van der Waals surface area contributed by atoms with E-state index in [2.05, 4.69) is 121 Å². The van der Waals surface area contributed by atoms with Gasteiger partial charge in [-0.3, -0.25) is 0 Å². The molecule has 3 aromatic rings. The molecule has 0 aliphatic heterocycles. The van der Waals surface area contributed by atoms with E-state index in [-0.39, 0.29) is 0 Å². The fourth-order valence-corrected chi connectivity index (χ4v) is 3.97. The van der Waals surface area contributed by atoms with Crippen LogP contribution >= 0.6 is 15.9 Å². The van der Waals surface area contributed by atoms with E-state index < -0.39 is 0 Å². The van der Waals surface area contributed by atoms with Gasteiger partial charge in [-0.15, -0.1) is 0 Å². The Bertz CT molecular complexity index is 1060. The first-order chi connectivity index (χ1) is 13.1. The Hall–Kier alpha value is -2.64. The van der Waals surface area contributed by atoms with Crippen LogP contribution in [0, 0.1) is 0 Å². The largest absolute Gasteiger partial charge is 0.0679 e. The second-order valence-corrected chi connectivity index (χ2v) is 7.88. The zero-order valence-corrected chi connectivity index (χ0v) is 17.1. The maximum absolute atomic E-state index is 3.51. The molecule has 0 unspecified atom stereocenters. The van der Waals surface area contributed by atoms with Crippen molar-refractivity contribution in [3.63, 3.8) is 0 Å². The Labute approximate surface area is 169 Å². The van der Waals surface area contributed by atoms with Gasteiger partial charge in [0.2, 0.25) is 0 Å². The Morgan fingerprint density at radius 2 is 1.33 bits per heavy atom. The summed E-state index contributed by atoms with van der Waals surface area (Å²) < 4.78 is 1.10. The highest BCUT2D eigenvalue weighted by Crippen LogP contribution is 2.46. The van der Waals surface area contributed by atoms with Crippen LogP contribution in [0.1, 0.15) is 36.1 Å². The van der Waals surface area contributed by atoms with Gasteiger partial charge in [0.1, 0.15) is 0 Å². The SMILES string of the molecule is CC(C)=C1C(/C=C/c2ccc(Br)cc2)=C(c2ccccc2)c2ccccc21. The third-order valence-corrected chi connectivity index (χ3v) is 5.41.